The van der Waals surface area contributed by atoms with Crippen LogP contribution in [0.15, 0.2) is 29.3 Å². The van der Waals surface area contributed by atoms with Gasteiger partial charge in [0, 0.05) is 32.3 Å². The Hall–Kier alpha value is -1.86. The Kier molecular flexibility index (Phi) is 7.66. The molecule has 1 aromatic rings. The number of nitrogens with zero attached hydrogens (tertiary/aromatic N) is 2. The van der Waals surface area contributed by atoms with E-state index in [1.54, 1.807) is 25.2 Å². The summed E-state index contributed by atoms with van der Waals surface area (Å²) in [5.74, 6) is 0.620. The SMILES string of the molecule is CN=C(NCC(C)Oc1ccccc1F)NCC1(N(C)C)CCOCC1. The fraction of sp³-hybridized carbons (Fsp3) is 0.632. The van der Waals surface area contributed by atoms with Crippen LogP contribution in [0.25, 0.3) is 0 Å². The number of guanidine groups is 1. The molecule has 0 saturated carbocycles. The summed E-state index contributed by atoms with van der Waals surface area (Å²) in [6.07, 6.45) is 1.77. The van der Waals surface area contributed by atoms with Crippen LogP contribution in [0, 0.1) is 5.82 Å². The number of aliphatic imine (C=N–C) groups is 1. The Balaban J connectivity index is 1.82. The number of hydrogen-bond donors (Lipinski definition) is 2. The van der Waals surface area contributed by atoms with Crippen molar-refractivity contribution >= 4 is 5.96 Å². The molecule has 1 fully saturated rings. The lowest BCUT2D eigenvalue weighted by Crippen LogP contribution is -2.57. The van der Waals surface area contributed by atoms with Crippen molar-refractivity contribution in [1.82, 2.24) is 15.5 Å². The molecule has 2 N–H and O–H groups in total. The lowest BCUT2D eigenvalue weighted by atomic mass is 9.88. The Bertz CT molecular complexity index is 589. The van der Waals surface area contributed by atoms with Gasteiger partial charge in [-0.3, -0.25) is 4.99 Å². The van der Waals surface area contributed by atoms with Gasteiger partial charge in [-0.05, 0) is 46.0 Å². The summed E-state index contributed by atoms with van der Waals surface area (Å²) in [6.45, 7) is 4.75. The second-order valence-electron chi connectivity index (χ2n) is 6.90. The third-order valence-electron chi connectivity index (χ3n) is 4.90. The summed E-state index contributed by atoms with van der Waals surface area (Å²) in [4.78, 5) is 6.54. The maximum Gasteiger partial charge on any atom is 0.191 e. The van der Waals surface area contributed by atoms with E-state index in [1.165, 1.54) is 6.07 Å². The first-order valence-corrected chi connectivity index (χ1v) is 9.08. The van der Waals surface area contributed by atoms with Crippen LogP contribution >= 0.6 is 0 Å². The predicted octanol–water partition coefficient (Wildman–Crippen LogP) is 1.87. The second kappa shape index (κ2) is 9.73. The van der Waals surface area contributed by atoms with E-state index in [-0.39, 0.29) is 23.2 Å². The average Bonchev–Trinajstić information content (AvgIpc) is 2.64. The standard InChI is InChI=1S/C19H31FN4O2/c1-15(26-17-8-6-5-7-16(17)20)13-22-18(21-2)23-14-19(24(3)4)9-11-25-12-10-19/h5-8,15H,9-14H2,1-4H3,(H2,21,22,23). The molecule has 1 aliphatic heterocycles. The van der Waals surface area contributed by atoms with E-state index in [0.717, 1.165) is 32.6 Å². The zero-order chi connectivity index (χ0) is 19.0. The Morgan fingerprint density at radius 1 is 1.31 bits per heavy atom. The first-order chi connectivity index (χ1) is 12.5. The van der Waals surface area contributed by atoms with Crippen molar-refractivity contribution in [1.29, 1.82) is 0 Å². The molecule has 0 aliphatic carbocycles. The predicted molar refractivity (Wildman–Crippen MR) is 102 cm³/mol. The highest BCUT2D eigenvalue weighted by molar-refractivity contribution is 5.79. The minimum Gasteiger partial charge on any atom is -0.486 e. The Morgan fingerprint density at radius 2 is 2.00 bits per heavy atom. The molecule has 0 radical (unpaired) electrons. The molecule has 1 saturated heterocycles. The van der Waals surface area contributed by atoms with Gasteiger partial charge in [0.15, 0.2) is 17.5 Å². The molecule has 1 aromatic carbocycles. The molecule has 26 heavy (non-hydrogen) atoms. The van der Waals surface area contributed by atoms with Crippen LogP contribution < -0.4 is 15.4 Å². The van der Waals surface area contributed by atoms with E-state index in [4.69, 9.17) is 9.47 Å². The molecular formula is C19H31FN4O2. The monoisotopic (exact) mass is 366 g/mol. The number of halogens is 1. The van der Waals surface area contributed by atoms with Gasteiger partial charge in [-0.25, -0.2) is 4.39 Å². The summed E-state index contributed by atoms with van der Waals surface area (Å²) in [7, 11) is 5.95. The fourth-order valence-electron chi connectivity index (χ4n) is 3.04. The summed E-state index contributed by atoms with van der Waals surface area (Å²) < 4.78 is 24.8. The van der Waals surface area contributed by atoms with Crippen molar-refractivity contribution in [2.45, 2.75) is 31.4 Å². The van der Waals surface area contributed by atoms with Gasteiger partial charge in [-0.2, -0.15) is 0 Å². The molecule has 2 rings (SSSR count). The van der Waals surface area contributed by atoms with Crippen LogP contribution in [0.5, 0.6) is 5.75 Å². The number of rotatable bonds is 7. The van der Waals surface area contributed by atoms with Crippen molar-refractivity contribution in [2.75, 3.05) is 47.4 Å². The van der Waals surface area contributed by atoms with E-state index in [1.807, 2.05) is 6.92 Å². The van der Waals surface area contributed by atoms with E-state index >= 15 is 0 Å². The lowest BCUT2D eigenvalue weighted by molar-refractivity contribution is -0.00502. The summed E-state index contributed by atoms with van der Waals surface area (Å²) in [5, 5.41) is 6.65. The molecule has 1 unspecified atom stereocenters. The van der Waals surface area contributed by atoms with E-state index in [2.05, 4.69) is 34.6 Å². The van der Waals surface area contributed by atoms with Crippen LogP contribution in [0.4, 0.5) is 4.39 Å². The van der Waals surface area contributed by atoms with Crippen molar-refractivity contribution in [2.24, 2.45) is 4.99 Å². The third kappa shape index (κ3) is 5.57. The van der Waals surface area contributed by atoms with Crippen LogP contribution in [0.1, 0.15) is 19.8 Å². The van der Waals surface area contributed by atoms with Gasteiger partial charge in [-0.1, -0.05) is 12.1 Å². The van der Waals surface area contributed by atoms with Gasteiger partial charge < -0.3 is 25.0 Å². The van der Waals surface area contributed by atoms with Crippen LogP contribution in [-0.2, 0) is 4.74 Å². The van der Waals surface area contributed by atoms with Gasteiger partial charge in [-0.15, -0.1) is 0 Å². The number of nitrogens with one attached hydrogen (secondary N) is 2. The zero-order valence-electron chi connectivity index (χ0n) is 16.2. The van der Waals surface area contributed by atoms with Crippen molar-refractivity contribution < 1.29 is 13.9 Å². The molecule has 1 atom stereocenters. The second-order valence-corrected chi connectivity index (χ2v) is 6.90. The quantitative estimate of drug-likeness (QED) is 0.570. The molecule has 0 bridgehead atoms. The zero-order valence-corrected chi connectivity index (χ0v) is 16.2. The summed E-state index contributed by atoms with van der Waals surface area (Å²) in [6, 6.07) is 6.43. The molecule has 1 heterocycles. The topological polar surface area (TPSA) is 58.1 Å². The number of para-hydroxylation sites is 1. The van der Waals surface area contributed by atoms with Gasteiger partial charge in [0.1, 0.15) is 6.10 Å². The first kappa shape index (κ1) is 20.5. The normalized spacial score (nSPS) is 18.5. The van der Waals surface area contributed by atoms with Gasteiger partial charge in [0.2, 0.25) is 0 Å². The largest absolute Gasteiger partial charge is 0.486 e. The molecule has 6 nitrogen and oxygen atoms in total. The molecule has 1 aliphatic rings. The van der Waals surface area contributed by atoms with E-state index in [9.17, 15) is 4.39 Å². The molecule has 0 aromatic heterocycles. The number of likely N-dealkylation sites (N-methyl/N-ethyl adjacent to an activating group) is 1. The van der Waals surface area contributed by atoms with Crippen molar-refractivity contribution in [3.63, 3.8) is 0 Å². The van der Waals surface area contributed by atoms with E-state index in [0.29, 0.717) is 12.5 Å². The van der Waals surface area contributed by atoms with E-state index < -0.39 is 0 Å². The van der Waals surface area contributed by atoms with Crippen LogP contribution in [-0.4, -0.2) is 69.9 Å². The van der Waals surface area contributed by atoms with Crippen LogP contribution in [0.3, 0.4) is 0 Å². The van der Waals surface area contributed by atoms with Crippen molar-refractivity contribution in [3.8, 4) is 5.75 Å². The third-order valence-corrected chi connectivity index (χ3v) is 4.90. The van der Waals surface area contributed by atoms with Crippen molar-refractivity contribution in [3.05, 3.63) is 30.1 Å². The smallest absolute Gasteiger partial charge is 0.191 e. The lowest BCUT2D eigenvalue weighted by Gasteiger charge is -2.43. The highest BCUT2D eigenvalue weighted by atomic mass is 19.1. The Labute approximate surface area is 155 Å². The van der Waals surface area contributed by atoms with Gasteiger partial charge >= 0.3 is 0 Å². The number of ether oxygens (including phenoxy) is 2. The fourth-order valence-corrected chi connectivity index (χ4v) is 3.04. The van der Waals surface area contributed by atoms with Gasteiger partial charge in [0.05, 0.1) is 6.54 Å². The average molecular weight is 366 g/mol. The molecule has 0 amide bonds. The van der Waals surface area contributed by atoms with Gasteiger partial charge in [0.25, 0.3) is 0 Å². The molecule has 146 valence electrons. The van der Waals surface area contributed by atoms with Crippen LogP contribution in [0.2, 0.25) is 0 Å². The Morgan fingerprint density at radius 3 is 2.62 bits per heavy atom. The first-order valence-electron chi connectivity index (χ1n) is 9.08. The highest BCUT2D eigenvalue weighted by Crippen LogP contribution is 2.25. The molecule has 7 heteroatoms. The number of benzene rings is 1. The minimum absolute atomic E-state index is 0.0607. The maximum atomic E-state index is 13.7. The molecule has 0 spiro atoms. The maximum absolute atomic E-state index is 13.7. The molecular weight excluding hydrogens is 335 g/mol. The highest BCUT2D eigenvalue weighted by Gasteiger charge is 2.34. The summed E-state index contributed by atoms with van der Waals surface area (Å²) in [5.41, 5.74) is 0.0607. The minimum atomic E-state index is -0.353. The number of hydrogen-bond acceptors (Lipinski definition) is 4. The summed E-state index contributed by atoms with van der Waals surface area (Å²) >= 11 is 0.